The average molecular weight is 196 g/mol. The first-order chi connectivity index (χ1) is 6.83. The smallest absolute Gasteiger partial charge is 0.158 e. The lowest BCUT2D eigenvalue weighted by molar-refractivity contribution is -0.128. The summed E-state index contributed by atoms with van der Waals surface area (Å²) in [6.45, 7) is 4.86. The molecule has 2 nitrogen and oxygen atoms in total. The van der Waals surface area contributed by atoms with Crippen LogP contribution in [0.3, 0.4) is 0 Å². The summed E-state index contributed by atoms with van der Waals surface area (Å²) in [5.74, 6) is 0. The molecular weight excluding hydrogens is 176 g/mol. The van der Waals surface area contributed by atoms with Crippen molar-refractivity contribution in [2.75, 3.05) is 6.61 Å². The van der Waals surface area contributed by atoms with Crippen LogP contribution in [-0.4, -0.2) is 19.0 Å². The molecule has 1 rings (SSSR count). The lowest BCUT2D eigenvalue weighted by Gasteiger charge is -2.10. The number of ether oxygens (including phenoxy) is 2. The number of allylic oxidation sites excluding steroid dienone is 3. The Morgan fingerprint density at radius 2 is 2.21 bits per heavy atom. The predicted octanol–water partition coefficient (Wildman–Crippen LogP) is 3.05. The maximum atomic E-state index is 5.56. The maximum Gasteiger partial charge on any atom is 0.158 e. The van der Waals surface area contributed by atoms with Crippen LogP contribution < -0.4 is 0 Å². The van der Waals surface area contributed by atoms with Gasteiger partial charge in [0.2, 0.25) is 0 Å². The molecule has 0 aliphatic carbocycles. The predicted molar refractivity (Wildman–Crippen MR) is 58.1 cm³/mol. The summed E-state index contributed by atoms with van der Waals surface area (Å²) in [5.41, 5.74) is 0. The molecule has 0 spiro atoms. The van der Waals surface area contributed by atoms with Crippen molar-refractivity contribution in [2.24, 2.45) is 0 Å². The molecule has 2 atom stereocenters. The summed E-state index contributed by atoms with van der Waals surface area (Å²) in [7, 11) is 0. The Kier molecular flexibility index (Phi) is 5.57. The first kappa shape index (κ1) is 11.5. The summed E-state index contributed by atoms with van der Waals surface area (Å²) in [5, 5.41) is 0. The third kappa shape index (κ3) is 4.58. The van der Waals surface area contributed by atoms with Crippen LogP contribution in [0.4, 0.5) is 0 Å². The van der Waals surface area contributed by atoms with Gasteiger partial charge >= 0.3 is 0 Å². The van der Waals surface area contributed by atoms with E-state index in [1.54, 1.807) is 0 Å². The zero-order valence-corrected chi connectivity index (χ0v) is 9.11. The number of rotatable bonds is 5. The van der Waals surface area contributed by atoms with E-state index in [-0.39, 0.29) is 6.29 Å². The minimum absolute atomic E-state index is 0.0418. The molecule has 1 saturated heterocycles. The van der Waals surface area contributed by atoms with Crippen LogP contribution in [0.2, 0.25) is 0 Å². The second-order valence-electron chi connectivity index (χ2n) is 3.57. The first-order valence-electron chi connectivity index (χ1n) is 5.38. The van der Waals surface area contributed by atoms with Crippen molar-refractivity contribution in [3.8, 4) is 0 Å². The standard InChI is InChI=1S/C12H20O2/c1-3-4-5-6-7-10-13-12-9-8-11(2)14-12/h3-6,11-12H,7-10H2,1-2H3/b4-3-,6-5-. The fourth-order valence-electron chi connectivity index (χ4n) is 1.44. The van der Waals surface area contributed by atoms with Gasteiger partial charge in [0, 0.05) is 6.42 Å². The maximum absolute atomic E-state index is 5.56. The Labute approximate surface area is 86.6 Å². The largest absolute Gasteiger partial charge is 0.352 e. The van der Waals surface area contributed by atoms with Gasteiger partial charge in [0.25, 0.3) is 0 Å². The van der Waals surface area contributed by atoms with Crippen molar-refractivity contribution in [1.82, 2.24) is 0 Å². The molecule has 0 amide bonds. The molecule has 0 aromatic heterocycles. The summed E-state index contributed by atoms with van der Waals surface area (Å²) in [6.07, 6.45) is 11.7. The molecule has 0 aromatic carbocycles. The highest BCUT2D eigenvalue weighted by Gasteiger charge is 2.21. The number of hydrogen-bond acceptors (Lipinski definition) is 2. The van der Waals surface area contributed by atoms with Crippen molar-refractivity contribution in [3.05, 3.63) is 24.3 Å². The van der Waals surface area contributed by atoms with Crippen molar-refractivity contribution in [3.63, 3.8) is 0 Å². The molecule has 80 valence electrons. The van der Waals surface area contributed by atoms with Crippen LogP contribution in [-0.2, 0) is 9.47 Å². The summed E-state index contributed by atoms with van der Waals surface area (Å²) >= 11 is 0. The van der Waals surface area contributed by atoms with E-state index in [0.717, 1.165) is 25.9 Å². The van der Waals surface area contributed by atoms with Gasteiger partial charge < -0.3 is 9.47 Å². The van der Waals surface area contributed by atoms with Crippen LogP contribution in [0.5, 0.6) is 0 Å². The van der Waals surface area contributed by atoms with E-state index in [0.29, 0.717) is 6.10 Å². The van der Waals surface area contributed by atoms with Crippen LogP contribution in [0.25, 0.3) is 0 Å². The Morgan fingerprint density at radius 3 is 2.86 bits per heavy atom. The van der Waals surface area contributed by atoms with Crippen LogP contribution in [0, 0.1) is 0 Å². The summed E-state index contributed by atoms with van der Waals surface area (Å²) in [4.78, 5) is 0. The quantitative estimate of drug-likeness (QED) is 0.497. The highest BCUT2D eigenvalue weighted by atomic mass is 16.7. The molecule has 2 unspecified atom stereocenters. The molecule has 0 N–H and O–H groups in total. The zero-order valence-electron chi connectivity index (χ0n) is 9.11. The molecule has 2 heteroatoms. The molecule has 1 aliphatic heterocycles. The monoisotopic (exact) mass is 196 g/mol. The van der Waals surface area contributed by atoms with E-state index in [1.807, 2.05) is 25.2 Å². The lowest BCUT2D eigenvalue weighted by atomic mass is 10.3. The zero-order chi connectivity index (χ0) is 10.2. The second kappa shape index (κ2) is 6.80. The molecular formula is C12H20O2. The minimum atomic E-state index is 0.0418. The molecule has 0 saturated carbocycles. The van der Waals surface area contributed by atoms with Crippen LogP contribution >= 0.6 is 0 Å². The van der Waals surface area contributed by atoms with Gasteiger partial charge in [-0.25, -0.2) is 0 Å². The van der Waals surface area contributed by atoms with Gasteiger partial charge in [-0.1, -0.05) is 24.3 Å². The van der Waals surface area contributed by atoms with Gasteiger partial charge in [0.1, 0.15) is 0 Å². The fourth-order valence-corrected chi connectivity index (χ4v) is 1.44. The van der Waals surface area contributed by atoms with Crippen molar-refractivity contribution < 1.29 is 9.47 Å². The van der Waals surface area contributed by atoms with Crippen molar-refractivity contribution in [2.45, 2.75) is 45.5 Å². The molecule has 0 radical (unpaired) electrons. The van der Waals surface area contributed by atoms with Gasteiger partial charge in [-0.2, -0.15) is 0 Å². The van der Waals surface area contributed by atoms with Crippen molar-refractivity contribution >= 4 is 0 Å². The normalized spacial score (nSPS) is 28.1. The highest BCUT2D eigenvalue weighted by Crippen LogP contribution is 2.19. The van der Waals surface area contributed by atoms with E-state index < -0.39 is 0 Å². The van der Waals surface area contributed by atoms with Crippen molar-refractivity contribution in [1.29, 1.82) is 0 Å². The molecule has 14 heavy (non-hydrogen) atoms. The molecule has 1 heterocycles. The van der Waals surface area contributed by atoms with Gasteiger partial charge in [-0.15, -0.1) is 0 Å². The van der Waals surface area contributed by atoms with E-state index in [4.69, 9.17) is 9.47 Å². The third-order valence-corrected chi connectivity index (χ3v) is 2.22. The van der Waals surface area contributed by atoms with Gasteiger partial charge in [0.15, 0.2) is 6.29 Å². The SMILES string of the molecule is C/C=C\C=C/CCOC1CCC(C)O1. The van der Waals surface area contributed by atoms with Gasteiger partial charge in [-0.3, -0.25) is 0 Å². The van der Waals surface area contributed by atoms with E-state index >= 15 is 0 Å². The third-order valence-electron chi connectivity index (χ3n) is 2.22. The topological polar surface area (TPSA) is 18.5 Å². The van der Waals surface area contributed by atoms with Gasteiger partial charge in [-0.05, 0) is 26.7 Å². The van der Waals surface area contributed by atoms with Crippen LogP contribution in [0.15, 0.2) is 24.3 Å². The highest BCUT2D eigenvalue weighted by molar-refractivity contribution is 5.00. The fraction of sp³-hybridized carbons (Fsp3) is 0.667. The lowest BCUT2D eigenvalue weighted by Crippen LogP contribution is -2.13. The molecule has 1 aliphatic rings. The first-order valence-corrected chi connectivity index (χ1v) is 5.38. The van der Waals surface area contributed by atoms with E-state index in [1.165, 1.54) is 0 Å². The Hall–Kier alpha value is -0.600. The van der Waals surface area contributed by atoms with Crippen LogP contribution in [0.1, 0.15) is 33.1 Å². The van der Waals surface area contributed by atoms with E-state index in [2.05, 4.69) is 13.0 Å². The second-order valence-corrected chi connectivity index (χ2v) is 3.57. The minimum Gasteiger partial charge on any atom is -0.352 e. The number of hydrogen-bond donors (Lipinski definition) is 0. The van der Waals surface area contributed by atoms with E-state index in [9.17, 15) is 0 Å². The Morgan fingerprint density at radius 1 is 1.36 bits per heavy atom. The Bertz CT molecular complexity index is 196. The summed E-state index contributed by atoms with van der Waals surface area (Å²) in [6, 6.07) is 0. The van der Waals surface area contributed by atoms with Gasteiger partial charge in [0.05, 0.1) is 12.7 Å². The Balaban J connectivity index is 1.99. The molecule has 1 fully saturated rings. The average Bonchev–Trinajstić information content (AvgIpc) is 2.58. The summed E-state index contributed by atoms with van der Waals surface area (Å²) < 4.78 is 11.1. The molecule has 0 bridgehead atoms. The molecule has 0 aromatic rings.